The van der Waals surface area contributed by atoms with Gasteiger partial charge >= 0.3 is 0 Å². The molecule has 1 saturated heterocycles. The molecule has 1 amide bonds. The molecule has 2 atom stereocenters. The second-order valence-corrected chi connectivity index (χ2v) is 10.4. The maximum atomic E-state index is 13.4. The maximum Gasteiger partial charge on any atom is 0.241 e. The monoisotopic (exact) mass is 412 g/mol. The van der Waals surface area contributed by atoms with E-state index >= 15 is 0 Å². The minimum atomic E-state index is -3.08. The van der Waals surface area contributed by atoms with E-state index in [1.165, 1.54) is 11.1 Å². The predicted octanol–water partition coefficient (Wildman–Crippen LogP) is 3.22. The standard InChI is InChI=1S/C23H28N2O3S/c1-24(22-13-7-9-18-8-5-6-12-21(18)22)16-23(26)25(19-10-3-2-4-11-19)20-14-15-29(27,28)17-20/h2-6,8,10-12,20,22H,7,9,13-17H2,1H3/t20-,22+/m0/s1. The van der Waals surface area contributed by atoms with Crippen molar-refractivity contribution in [1.82, 2.24) is 4.90 Å². The lowest BCUT2D eigenvalue weighted by Crippen LogP contribution is -2.46. The lowest BCUT2D eigenvalue weighted by molar-refractivity contribution is -0.120. The van der Waals surface area contributed by atoms with E-state index in [-0.39, 0.29) is 36.0 Å². The van der Waals surface area contributed by atoms with Crippen LogP contribution in [0.5, 0.6) is 0 Å². The summed E-state index contributed by atoms with van der Waals surface area (Å²) in [7, 11) is -1.08. The quantitative estimate of drug-likeness (QED) is 0.757. The number of rotatable bonds is 5. The number of aryl methyl sites for hydroxylation is 1. The van der Waals surface area contributed by atoms with Gasteiger partial charge < -0.3 is 4.90 Å². The van der Waals surface area contributed by atoms with Crippen LogP contribution in [0.1, 0.15) is 36.4 Å². The van der Waals surface area contributed by atoms with Gasteiger partial charge in [-0.05, 0) is 56.0 Å². The molecule has 4 rings (SSSR count). The fourth-order valence-electron chi connectivity index (χ4n) is 4.71. The van der Waals surface area contributed by atoms with Gasteiger partial charge in [0.05, 0.1) is 24.1 Å². The van der Waals surface area contributed by atoms with Crippen LogP contribution in [0.4, 0.5) is 5.69 Å². The molecular formula is C23H28N2O3S. The first-order chi connectivity index (χ1) is 13.9. The van der Waals surface area contributed by atoms with Crippen molar-refractivity contribution in [1.29, 1.82) is 0 Å². The molecule has 0 unspecified atom stereocenters. The van der Waals surface area contributed by atoms with Gasteiger partial charge in [0.25, 0.3) is 0 Å². The van der Waals surface area contributed by atoms with E-state index in [4.69, 9.17) is 0 Å². The van der Waals surface area contributed by atoms with Gasteiger partial charge in [0.1, 0.15) is 0 Å². The van der Waals surface area contributed by atoms with Gasteiger partial charge in [-0.1, -0.05) is 42.5 Å². The van der Waals surface area contributed by atoms with Crippen LogP contribution in [-0.2, 0) is 21.1 Å². The highest BCUT2D eigenvalue weighted by Crippen LogP contribution is 2.34. The van der Waals surface area contributed by atoms with Crippen molar-refractivity contribution in [2.24, 2.45) is 0 Å². The van der Waals surface area contributed by atoms with Crippen molar-refractivity contribution in [2.45, 2.75) is 37.8 Å². The molecule has 1 aliphatic heterocycles. The van der Waals surface area contributed by atoms with E-state index in [1.807, 2.05) is 37.4 Å². The second kappa shape index (κ2) is 8.28. The fourth-order valence-corrected chi connectivity index (χ4v) is 6.41. The largest absolute Gasteiger partial charge is 0.307 e. The number of hydrogen-bond acceptors (Lipinski definition) is 4. The zero-order chi connectivity index (χ0) is 20.4. The molecule has 1 aliphatic carbocycles. The number of sulfone groups is 1. The van der Waals surface area contributed by atoms with Crippen molar-refractivity contribution < 1.29 is 13.2 Å². The molecule has 0 saturated carbocycles. The molecule has 29 heavy (non-hydrogen) atoms. The molecule has 6 heteroatoms. The third-order valence-electron chi connectivity index (χ3n) is 6.13. The molecule has 154 valence electrons. The van der Waals surface area contributed by atoms with Gasteiger partial charge in [0.2, 0.25) is 5.91 Å². The van der Waals surface area contributed by atoms with Gasteiger partial charge in [0.15, 0.2) is 9.84 Å². The molecular weight excluding hydrogens is 384 g/mol. The van der Waals surface area contributed by atoms with E-state index in [1.54, 1.807) is 4.90 Å². The van der Waals surface area contributed by atoms with Crippen LogP contribution >= 0.6 is 0 Å². The highest BCUT2D eigenvalue weighted by atomic mass is 32.2. The predicted molar refractivity (Wildman–Crippen MR) is 116 cm³/mol. The summed E-state index contributed by atoms with van der Waals surface area (Å²) in [5, 5.41) is 0. The van der Waals surface area contributed by atoms with Crippen molar-refractivity contribution >= 4 is 21.4 Å². The molecule has 5 nitrogen and oxygen atoms in total. The average Bonchev–Trinajstić information content (AvgIpc) is 3.07. The Balaban J connectivity index is 1.56. The minimum absolute atomic E-state index is 0.0381. The minimum Gasteiger partial charge on any atom is -0.307 e. The van der Waals surface area contributed by atoms with Crippen LogP contribution in [0.3, 0.4) is 0 Å². The Bertz CT molecular complexity index is 975. The number of fused-ring (bicyclic) bond motifs is 1. The third-order valence-corrected chi connectivity index (χ3v) is 7.88. The van der Waals surface area contributed by atoms with E-state index in [2.05, 4.69) is 29.2 Å². The third kappa shape index (κ3) is 4.38. The molecule has 2 aliphatic rings. The molecule has 1 fully saturated rings. The molecule has 0 spiro atoms. The summed E-state index contributed by atoms with van der Waals surface area (Å²) in [4.78, 5) is 17.2. The first-order valence-corrected chi connectivity index (χ1v) is 12.1. The summed E-state index contributed by atoms with van der Waals surface area (Å²) >= 11 is 0. The fraction of sp³-hybridized carbons (Fsp3) is 0.435. The van der Waals surface area contributed by atoms with Crippen LogP contribution < -0.4 is 4.90 Å². The summed E-state index contributed by atoms with van der Waals surface area (Å²) in [6, 6.07) is 17.9. The van der Waals surface area contributed by atoms with Gasteiger partial charge in [-0.2, -0.15) is 0 Å². The van der Waals surface area contributed by atoms with Crippen LogP contribution in [0.25, 0.3) is 0 Å². The van der Waals surface area contributed by atoms with Gasteiger partial charge in [0, 0.05) is 11.7 Å². The second-order valence-electron chi connectivity index (χ2n) is 8.18. The lowest BCUT2D eigenvalue weighted by atomic mass is 9.87. The Labute approximate surface area is 173 Å². The van der Waals surface area contributed by atoms with E-state index in [0.29, 0.717) is 6.42 Å². The normalized spacial score (nSPS) is 23.0. The topological polar surface area (TPSA) is 57.7 Å². The van der Waals surface area contributed by atoms with Gasteiger partial charge in [-0.3, -0.25) is 9.69 Å². The van der Waals surface area contributed by atoms with Crippen molar-refractivity contribution in [3.63, 3.8) is 0 Å². The zero-order valence-corrected chi connectivity index (χ0v) is 17.6. The van der Waals surface area contributed by atoms with Crippen LogP contribution in [-0.4, -0.2) is 50.4 Å². The molecule has 0 N–H and O–H groups in total. The van der Waals surface area contributed by atoms with Crippen LogP contribution in [0, 0.1) is 0 Å². The highest BCUT2D eigenvalue weighted by molar-refractivity contribution is 7.91. The Kier molecular flexibility index (Phi) is 5.74. The van der Waals surface area contributed by atoms with E-state index in [9.17, 15) is 13.2 Å². The summed E-state index contributed by atoms with van der Waals surface area (Å²) < 4.78 is 24.1. The Hall–Kier alpha value is -2.18. The molecule has 1 heterocycles. The summed E-state index contributed by atoms with van der Waals surface area (Å²) in [6.45, 7) is 0.268. The molecule has 0 bridgehead atoms. The number of anilines is 1. The smallest absolute Gasteiger partial charge is 0.241 e. The SMILES string of the molecule is CN(CC(=O)N(c1ccccc1)[C@H]1CCS(=O)(=O)C1)[C@@H]1CCCc2ccccc21. The zero-order valence-electron chi connectivity index (χ0n) is 16.8. The Morgan fingerprint density at radius 3 is 2.48 bits per heavy atom. The first kappa shape index (κ1) is 20.1. The molecule has 0 aromatic heterocycles. The average molecular weight is 413 g/mol. The van der Waals surface area contributed by atoms with Crippen molar-refractivity contribution in [3.8, 4) is 0 Å². The number of benzene rings is 2. The summed E-state index contributed by atoms with van der Waals surface area (Å²) in [5.74, 6) is 0.160. The number of carbonyl (C=O) groups is 1. The molecule has 2 aromatic rings. The number of carbonyl (C=O) groups excluding carboxylic acids is 1. The first-order valence-electron chi connectivity index (χ1n) is 10.3. The summed E-state index contributed by atoms with van der Waals surface area (Å²) in [6.07, 6.45) is 3.73. The van der Waals surface area contributed by atoms with Crippen LogP contribution in [0.15, 0.2) is 54.6 Å². The van der Waals surface area contributed by atoms with E-state index in [0.717, 1.165) is 24.9 Å². The highest BCUT2D eigenvalue weighted by Gasteiger charge is 2.36. The van der Waals surface area contributed by atoms with Crippen molar-refractivity contribution in [2.75, 3.05) is 30.0 Å². The van der Waals surface area contributed by atoms with Crippen LogP contribution in [0.2, 0.25) is 0 Å². The number of para-hydroxylation sites is 1. The van der Waals surface area contributed by atoms with Gasteiger partial charge in [-0.25, -0.2) is 8.42 Å². The lowest BCUT2D eigenvalue weighted by Gasteiger charge is -2.35. The van der Waals surface area contributed by atoms with Gasteiger partial charge in [-0.15, -0.1) is 0 Å². The Morgan fingerprint density at radius 2 is 1.76 bits per heavy atom. The molecule has 2 aromatic carbocycles. The number of amides is 1. The van der Waals surface area contributed by atoms with Crippen molar-refractivity contribution in [3.05, 3.63) is 65.7 Å². The Morgan fingerprint density at radius 1 is 1.03 bits per heavy atom. The number of likely N-dealkylation sites (N-methyl/N-ethyl adjacent to an activating group) is 1. The maximum absolute atomic E-state index is 13.4. The number of hydrogen-bond donors (Lipinski definition) is 0. The number of nitrogens with zero attached hydrogens (tertiary/aromatic N) is 2. The molecule has 0 radical (unpaired) electrons. The van der Waals surface area contributed by atoms with E-state index < -0.39 is 9.84 Å². The summed E-state index contributed by atoms with van der Waals surface area (Å²) in [5.41, 5.74) is 3.45.